The van der Waals surface area contributed by atoms with Crippen LogP contribution in [0.25, 0.3) is 0 Å². The lowest BCUT2D eigenvalue weighted by Gasteiger charge is -2.21. The normalized spacial score (nSPS) is 14.7. The predicted molar refractivity (Wildman–Crippen MR) is 70.2 cm³/mol. The molecule has 0 aliphatic carbocycles. The first kappa shape index (κ1) is 14.0. The van der Waals surface area contributed by atoms with Gasteiger partial charge in [0, 0.05) is 6.61 Å². The lowest BCUT2D eigenvalue weighted by molar-refractivity contribution is 0.0574. The van der Waals surface area contributed by atoms with E-state index in [-0.39, 0.29) is 18.2 Å². The molecule has 17 heavy (non-hydrogen) atoms. The van der Waals surface area contributed by atoms with Gasteiger partial charge in [-0.1, -0.05) is 12.1 Å². The quantitative estimate of drug-likeness (QED) is 0.827. The van der Waals surface area contributed by atoms with E-state index in [9.17, 15) is 0 Å². The molecule has 0 bridgehead atoms. The Labute approximate surface area is 104 Å². The highest BCUT2D eigenvalue weighted by Gasteiger charge is 2.15. The number of nitrogens with two attached hydrogens (primary N) is 1. The third-order valence-electron chi connectivity index (χ3n) is 2.55. The lowest BCUT2D eigenvalue weighted by Crippen LogP contribution is -2.26. The van der Waals surface area contributed by atoms with Gasteiger partial charge in [0.15, 0.2) is 0 Å². The van der Waals surface area contributed by atoms with Crippen molar-refractivity contribution in [3.63, 3.8) is 0 Å². The molecule has 1 aromatic carbocycles. The van der Waals surface area contributed by atoms with Gasteiger partial charge in [0.1, 0.15) is 5.75 Å². The molecule has 0 aromatic heterocycles. The molecule has 3 nitrogen and oxygen atoms in total. The molecule has 0 spiro atoms. The summed E-state index contributed by atoms with van der Waals surface area (Å²) in [7, 11) is 0. The van der Waals surface area contributed by atoms with E-state index in [1.54, 1.807) is 0 Å². The Balaban J connectivity index is 2.76. The van der Waals surface area contributed by atoms with Crippen LogP contribution in [0.1, 0.15) is 39.3 Å². The summed E-state index contributed by atoms with van der Waals surface area (Å²) in [4.78, 5) is 0. The Hall–Kier alpha value is -1.06. The van der Waals surface area contributed by atoms with Crippen LogP contribution in [-0.4, -0.2) is 18.8 Å². The molecule has 0 heterocycles. The van der Waals surface area contributed by atoms with Gasteiger partial charge in [0.25, 0.3) is 0 Å². The van der Waals surface area contributed by atoms with Crippen LogP contribution in [0.5, 0.6) is 5.75 Å². The summed E-state index contributed by atoms with van der Waals surface area (Å²) in [6, 6.07) is 7.78. The molecule has 2 unspecified atom stereocenters. The number of ether oxygens (including phenoxy) is 2. The molecule has 0 saturated heterocycles. The number of rotatable bonds is 6. The molecule has 2 atom stereocenters. The van der Waals surface area contributed by atoms with E-state index in [1.807, 2.05) is 52.0 Å². The van der Waals surface area contributed by atoms with Crippen LogP contribution in [0.15, 0.2) is 24.3 Å². The van der Waals surface area contributed by atoms with E-state index in [2.05, 4.69) is 0 Å². The topological polar surface area (TPSA) is 44.5 Å². The summed E-state index contributed by atoms with van der Waals surface area (Å²) in [6.45, 7) is 8.66. The van der Waals surface area contributed by atoms with Crippen molar-refractivity contribution < 1.29 is 9.47 Å². The smallest absolute Gasteiger partial charge is 0.120 e. The summed E-state index contributed by atoms with van der Waals surface area (Å²) in [5.74, 6) is 0.858. The van der Waals surface area contributed by atoms with Crippen molar-refractivity contribution >= 4 is 0 Å². The maximum atomic E-state index is 6.14. The minimum absolute atomic E-state index is 0.00861. The maximum Gasteiger partial charge on any atom is 0.120 e. The first-order valence-corrected chi connectivity index (χ1v) is 6.18. The minimum Gasteiger partial charge on any atom is -0.491 e. The first-order valence-electron chi connectivity index (χ1n) is 6.18. The van der Waals surface area contributed by atoms with E-state index in [4.69, 9.17) is 15.2 Å². The molecular weight excluding hydrogens is 214 g/mol. The molecule has 1 aromatic rings. The fourth-order valence-corrected chi connectivity index (χ4v) is 1.70. The zero-order chi connectivity index (χ0) is 12.8. The number of benzene rings is 1. The highest BCUT2D eigenvalue weighted by molar-refractivity contribution is 5.31. The van der Waals surface area contributed by atoms with Gasteiger partial charge < -0.3 is 15.2 Å². The molecule has 0 aliphatic heterocycles. The van der Waals surface area contributed by atoms with Gasteiger partial charge in [-0.3, -0.25) is 0 Å². The summed E-state index contributed by atoms with van der Waals surface area (Å²) in [6.07, 6.45) is 0.181. The van der Waals surface area contributed by atoms with Crippen molar-refractivity contribution in [2.45, 2.75) is 45.9 Å². The van der Waals surface area contributed by atoms with Crippen molar-refractivity contribution in [2.75, 3.05) is 6.61 Å². The molecule has 3 heteroatoms. The van der Waals surface area contributed by atoms with Gasteiger partial charge in [-0.2, -0.15) is 0 Å². The van der Waals surface area contributed by atoms with Crippen molar-refractivity contribution in [3.05, 3.63) is 29.8 Å². The minimum atomic E-state index is -0.120. The van der Waals surface area contributed by atoms with Crippen molar-refractivity contribution in [1.82, 2.24) is 0 Å². The third kappa shape index (κ3) is 4.36. The number of hydrogen-bond donors (Lipinski definition) is 1. The Bertz CT molecular complexity index is 339. The summed E-state index contributed by atoms with van der Waals surface area (Å²) >= 11 is 0. The zero-order valence-electron chi connectivity index (χ0n) is 11.1. The molecule has 0 saturated carbocycles. The molecule has 0 aliphatic rings. The van der Waals surface area contributed by atoms with E-state index >= 15 is 0 Å². The lowest BCUT2D eigenvalue weighted by atomic mass is 10.0. The standard InChI is InChI=1S/C14H23NO2/c1-5-16-11(4)14(15)12-7-6-8-13(9-12)17-10(2)3/h6-11,14H,5,15H2,1-4H3. The highest BCUT2D eigenvalue weighted by Crippen LogP contribution is 2.22. The van der Waals surface area contributed by atoms with Crippen LogP contribution in [0.2, 0.25) is 0 Å². The third-order valence-corrected chi connectivity index (χ3v) is 2.55. The maximum absolute atomic E-state index is 6.14. The summed E-state index contributed by atoms with van der Waals surface area (Å²) in [5.41, 5.74) is 7.19. The average molecular weight is 237 g/mol. The SMILES string of the molecule is CCOC(C)C(N)c1cccc(OC(C)C)c1. The van der Waals surface area contributed by atoms with Crippen molar-refractivity contribution in [2.24, 2.45) is 5.73 Å². The molecule has 2 N–H and O–H groups in total. The second-order valence-electron chi connectivity index (χ2n) is 4.43. The van der Waals surface area contributed by atoms with Crippen LogP contribution in [0.4, 0.5) is 0 Å². The fourth-order valence-electron chi connectivity index (χ4n) is 1.70. The van der Waals surface area contributed by atoms with E-state index in [0.717, 1.165) is 11.3 Å². The second kappa shape index (κ2) is 6.62. The molecule has 1 rings (SSSR count). The van der Waals surface area contributed by atoms with E-state index in [1.165, 1.54) is 0 Å². The fraction of sp³-hybridized carbons (Fsp3) is 0.571. The largest absolute Gasteiger partial charge is 0.491 e. The van der Waals surface area contributed by atoms with Crippen molar-refractivity contribution in [1.29, 1.82) is 0 Å². The number of hydrogen-bond acceptors (Lipinski definition) is 3. The first-order chi connectivity index (χ1) is 8.04. The zero-order valence-corrected chi connectivity index (χ0v) is 11.1. The Morgan fingerprint density at radius 3 is 2.53 bits per heavy atom. The van der Waals surface area contributed by atoms with Gasteiger partial charge in [0.2, 0.25) is 0 Å². The monoisotopic (exact) mass is 237 g/mol. The van der Waals surface area contributed by atoms with Crippen molar-refractivity contribution in [3.8, 4) is 5.75 Å². The molecule has 0 amide bonds. The Kier molecular flexibility index (Phi) is 5.45. The van der Waals surface area contributed by atoms with Crippen LogP contribution < -0.4 is 10.5 Å². The highest BCUT2D eigenvalue weighted by atomic mass is 16.5. The van der Waals surface area contributed by atoms with Crippen LogP contribution in [-0.2, 0) is 4.74 Å². The molecule has 0 radical (unpaired) electrons. The van der Waals surface area contributed by atoms with E-state index < -0.39 is 0 Å². The molecular formula is C14H23NO2. The average Bonchev–Trinajstić information content (AvgIpc) is 2.28. The molecule has 96 valence electrons. The van der Waals surface area contributed by atoms with Gasteiger partial charge in [-0.05, 0) is 45.4 Å². The predicted octanol–water partition coefficient (Wildman–Crippen LogP) is 2.90. The van der Waals surface area contributed by atoms with Gasteiger partial charge in [-0.25, -0.2) is 0 Å². The van der Waals surface area contributed by atoms with Crippen LogP contribution in [0, 0.1) is 0 Å². The van der Waals surface area contributed by atoms with Crippen LogP contribution in [0.3, 0.4) is 0 Å². The van der Waals surface area contributed by atoms with E-state index in [0.29, 0.717) is 6.61 Å². The summed E-state index contributed by atoms with van der Waals surface area (Å²) in [5, 5.41) is 0. The Morgan fingerprint density at radius 1 is 1.24 bits per heavy atom. The van der Waals surface area contributed by atoms with Crippen LogP contribution >= 0.6 is 0 Å². The van der Waals surface area contributed by atoms with Gasteiger partial charge in [-0.15, -0.1) is 0 Å². The van der Waals surface area contributed by atoms with Gasteiger partial charge in [0.05, 0.1) is 18.2 Å². The Morgan fingerprint density at radius 2 is 1.94 bits per heavy atom. The second-order valence-corrected chi connectivity index (χ2v) is 4.43. The summed E-state index contributed by atoms with van der Waals surface area (Å²) < 4.78 is 11.2. The molecule has 0 fully saturated rings. The van der Waals surface area contributed by atoms with Gasteiger partial charge >= 0.3 is 0 Å².